The first kappa shape index (κ1) is 17.0. The zero-order valence-electron chi connectivity index (χ0n) is 13.8. The number of methoxy groups -OCH3 is 1. The van der Waals surface area contributed by atoms with Crippen LogP contribution in [0.5, 0.6) is 5.75 Å². The minimum absolute atomic E-state index is 0.0570. The van der Waals surface area contributed by atoms with Gasteiger partial charge in [-0.3, -0.25) is 0 Å². The predicted octanol–water partition coefficient (Wildman–Crippen LogP) is 3.37. The van der Waals surface area contributed by atoms with Crippen LogP contribution in [0.2, 0.25) is 0 Å². The van der Waals surface area contributed by atoms with E-state index in [4.69, 9.17) is 4.74 Å². The first-order valence-electron chi connectivity index (χ1n) is 7.97. The average Bonchev–Trinajstić information content (AvgIpc) is 3.05. The van der Waals surface area contributed by atoms with Crippen LogP contribution in [0.15, 0.2) is 42.5 Å². The van der Waals surface area contributed by atoms with Crippen molar-refractivity contribution in [3.63, 3.8) is 0 Å². The Morgan fingerprint density at radius 2 is 2.04 bits per heavy atom. The normalized spacial score (nSPS) is 16.6. The SMILES string of the molecule is COc1ccccc1N1CCC(NC(=O)Nc2ccc(F)cc2F)C1. The maximum Gasteiger partial charge on any atom is 0.319 e. The first-order valence-corrected chi connectivity index (χ1v) is 7.97. The molecular weight excluding hydrogens is 328 g/mol. The lowest BCUT2D eigenvalue weighted by atomic mass is 10.2. The lowest BCUT2D eigenvalue weighted by Gasteiger charge is -2.21. The molecule has 2 aromatic rings. The summed E-state index contributed by atoms with van der Waals surface area (Å²) in [6, 6.07) is 10.1. The Bertz CT molecular complexity index is 770. The van der Waals surface area contributed by atoms with E-state index >= 15 is 0 Å². The van der Waals surface area contributed by atoms with E-state index in [-0.39, 0.29) is 11.7 Å². The van der Waals surface area contributed by atoms with Gasteiger partial charge in [-0.2, -0.15) is 0 Å². The van der Waals surface area contributed by atoms with Crippen molar-refractivity contribution in [2.45, 2.75) is 12.5 Å². The van der Waals surface area contributed by atoms with Crippen LogP contribution in [0.25, 0.3) is 0 Å². The van der Waals surface area contributed by atoms with Crippen molar-refractivity contribution in [3.05, 3.63) is 54.1 Å². The third-order valence-corrected chi connectivity index (χ3v) is 4.13. The Kier molecular flexibility index (Phi) is 5.02. The quantitative estimate of drug-likeness (QED) is 0.892. The van der Waals surface area contributed by atoms with Crippen LogP contribution in [0, 0.1) is 11.6 Å². The summed E-state index contributed by atoms with van der Waals surface area (Å²) in [6.45, 7) is 1.40. The number of urea groups is 1. The second-order valence-electron chi connectivity index (χ2n) is 5.83. The van der Waals surface area contributed by atoms with Gasteiger partial charge >= 0.3 is 6.03 Å². The van der Waals surface area contributed by atoms with Gasteiger partial charge in [0.2, 0.25) is 0 Å². The molecule has 0 aliphatic carbocycles. The van der Waals surface area contributed by atoms with E-state index in [0.717, 1.165) is 36.5 Å². The molecule has 0 bridgehead atoms. The molecule has 1 heterocycles. The fourth-order valence-electron chi connectivity index (χ4n) is 2.92. The van der Waals surface area contributed by atoms with E-state index in [1.54, 1.807) is 7.11 Å². The first-order chi connectivity index (χ1) is 12.1. The molecule has 132 valence electrons. The molecule has 2 N–H and O–H groups in total. The van der Waals surface area contributed by atoms with Gasteiger partial charge in [0.25, 0.3) is 0 Å². The molecule has 5 nitrogen and oxygen atoms in total. The zero-order chi connectivity index (χ0) is 17.8. The number of nitrogens with zero attached hydrogens (tertiary/aromatic N) is 1. The fourth-order valence-corrected chi connectivity index (χ4v) is 2.92. The molecule has 25 heavy (non-hydrogen) atoms. The van der Waals surface area contributed by atoms with Gasteiger partial charge in [0.1, 0.15) is 17.4 Å². The maximum absolute atomic E-state index is 13.6. The summed E-state index contributed by atoms with van der Waals surface area (Å²) >= 11 is 0. The number of benzene rings is 2. The Labute approximate surface area is 144 Å². The molecule has 1 unspecified atom stereocenters. The predicted molar refractivity (Wildman–Crippen MR) is 92.1 cm³/mol. The summed E-state index contributed by atoms with van der Waals surface area (Å²) in [5, 5.41) is 5.22. The van der Waals surface area contributed by atoms with Crippen LogP contribution in [0.1, 0.15) is 6.42 Å². The molecule has 7 heteroatoms. The molecule has 0 radical (unpaired) electrons. The number of rotatable bonds is 4. The summed E-state index contributed by atoms with van der Waals surface area (Å²) in [5.74, 6) is -0.718. The zero-order valence-corrected chi connectivity index (χ0v) is 13.8. The number of hydrogen-bond donors (Lipinski definition) is 2. The van der Waals surface area contributed by atoms with E-state index in [1.807, 2.05) is 24.3 Å². The van der Waals surface area contributed by atoms with Crippen molar-refractivity contribution in [1.29, 1.82) is 0 Å². The van der Waals surface area contributed by atoms with Crippen molar-refractivity contribution in [2.75, 3.05) is 30.4 Å². The van der Waals surface area contributed by atoms with Crippen molar-refractivity contribution in [1.82, 2.24) is 5.32 Å². The van der Waals surface area contributed by atoms with Gasteiger partial charge in [-0.25, -0.2) is 13.6 Å². The molecule has 0 saturated carbocycles. The molecule has 3 rings (SSSR count). The van der Waals surface area contributed by atoms with Crippen LogP contribution in [-0.4, -0.2) is 32.3 Å². The molecule has 0 aromatic heterocycles. The minimum Gasteiger partial charge on any atom is -0.495 e. The molecule has 1 aliphatic heterocycles. The molecule has 1 aliphatic rings. The maximum atomic E-state index is 13.6. The van der Waals surface area contributed by atoms with Gasteiger partial charge in [-0.15, -0.1) is 0 Å². The molecule has 1 fully saturated rings. The van der Waals surface area contributed by atoms with Crippen LogP contribution < -0.4 is 20.3 Å². The van der Waals surface area contributed by atoms with E-state index in [9.17, 15) is 13.6 Å². The van der Waals surface area contributed by atoms with Crippen molar-refractivity contribution < 1.29 is 18.3 Å². The third kappa shape index (κ3) is 3.99. The molecule has 1 saturated heterocycles. The highest BCUT2D eigenvalue weighted by Crippen LogP contribution is 2.30. The Hall–Kier alpha value is -2.83. The lowest BCUT2D eigenvalue weighted by molar-refractivity contribution is 0.249. The van der Waals surface area contributed by atoms with Crippen molar-refractivity contribution >= 4 is 17.4 Å². The minimum atomic E-state index is -0.808. The molecule has 2 aromatic carbocycles. The number of ether oxygens (including phenoxy) is 1. The number of amides is 2. The third-order valence-electron chi connectivity index (χ3n) is 4.13. The van der Waals surface area contributed by atoms with E-state index in [2.05, 4.69) is 15.5 Å². The number of anilines is 2. The van der Waals surface area contributed by atoms with Crippen molar-refractivity contribution in [2.24, 2.45) is 0 Å². The number of para-hydroxylation sites is 2. The standard InChI is InChI=1S/C18H19F2N3O2/c1-25-17-5-3-2-4-16(17)23-9-8-13(11-23)21-18(24)22-15-7-6-12(19)10-14(15)20/h2-7,10,13H,8-9,11H2,1H3,(H2,21,22,24). The number of hydrogen-bond acceptors (Lipinski definition) is 3. The molecular formula is C18H19F2N3O2. The highest BCUT2D eigenvalue weighted by atomic mass is 19.1. The second-order valence-corrected chi connectivity index (χ2v) is 5.83. The summed E-state index contributed by atoms with van der Waals surface area (Å²) < 4.78 is 31.8. The Morgan fingerprint density at radius 1 is 1.24 bits per heavy atom. The summed E-state index contributed by atoms with van der Waals surface area (Å²) in [5.41, 5.74) is 0.915. The Balaban J connectivity index is 1.58. The Morgan fingerprint density at radius 3 is 2.80 bits per heavy atom. The van der Waals surface area contributed by atoms with Crippen molar-refractivity contribution in [3.8, 4) is 5.75 Å². The van der Waals surface area contributed by atoms with Crippen LogP contribution in [-0.2, 0) is 0 Å². The van der Waals surface area contributed by atoms with E-state index < -0.39 is 17.7 Å². The summed E-state index contributed by atoms with van der Waals surface area (Å²) in [4.78, 5) is 14.2. The van der Waals surface area contributed by atoms with Gasteiger partial charge in [-0.1, -0.05) is 12.1 Å². The molecule has 1 atom stereocenters. The van der Waals surface area contributed by atoms with Gasteiger partial charge in [0.05, 0.1) is 18.5 Å². The molecule has 0 spiro atoms. The largest absolute Gasteiger partial charge is 0.495 e. The van der Waals surface area contributed by atoms with Crippen LogP contribution in [0.4, 0.5) is 25.0 Å². The van der Waals surface area contributed by atoms with Crippen LogP contribution in [0.3, 0.4) is 0 Å². The number of carbonyl (C=O) groups excluding carboxylic acids is 1. The number of halogens is 2. The topological polar surface area (TPSA) is 53.6 Å². The van der Waals surface area contributed by atoms with E-state index in [0.29, 0.717) is 6.54 Å². The van der Waals surface area contributed by atoms with Gasteiger partial charge in [0.15, 0.2) is 0 Å². The van der Waals surface area contributed by atoms with Gasteiger partial charge in [0, 0.05) is 25.2 Å². The average molecular weight is 347 g/mol. The lowest BCUT2D eigenvalue weighted by Crippen LogP contribution is -2.39. The van der Waals surface area contributed by atoms with Gasteiger partial charge in [-0.05, 0) is 30.7 Å². The monoisotopic (exact) mass is 347 g/mol. The number of nitrogens with one attached hydrogen (secondary N) is 2. The highest BCUT2D eigenvalue weighted by molar-refractivity contribution is 5.89. The smallest absolute Gasteiger partial charge is 0.319 e. The summed E-state index contributed by atoms with van der Waals surface area (Å²) in [7, 11) is 1.62. The second kappa shape index (κ2) is 7.38. The number of carbonyl (C=O) groups is 1. The highest BCUT2D eigenvalue weighted by Gasteiger charge is 2.26. The van der Waals surface area contributed by atoms with E-state index in [1.165, 1.54) is 6.07 Å². The molecule has 2 amide bonds. The van der Waals surface area contributed by atoms with Gasteiger partial charge < -0.3 is 20.3 Å². The summed E-state index contributed by atoms with van der Waals surface area (Å²) in [6.07, 6.45) is 0.761. The van der Waals surface area contributed by atoms with Crippen LogP contribution >= 0.6 is 0 Å². The fraction of sp³-hybridized carbons (Fsp3) is 0.278.